The van der Waals surface area contributed by atoms with Crippen LogP contribution in [0.3, 0.4) is 0 Å². The molecule has 2 N–H and O–H groups in total. The number of piperazine rings is 1. The molecule has 30 heavy (non-hydrogen) atoms. The summed E-state index contributed by atoms with van der Waals surface area (Å²) >= 11 is 0. The number of nitrogens with one attached hydrogen (secondary N) is 1. The molecule has 2 aliphatic rings. The molecule has 8 heteroatoms. The second kappa shape index (κ2) is 12.8. The Hall–Kier alpha value is -1.83. The van der Waals surface area contributed by atoms with E-state index in [1.165, 1.54) is 0 Å². The Morgan fingerprint density at radius 1 is 1.00 bits per heavy atom. The smallest absolute Gasteiger partial charge is 0.222 e. The fourth-order valence-corrected chi connectivity index (χ4v) is 3.95. The third-order valence-electron chi connectivity index (χ3n) is 5.68. The summed E-state index contributed by atoms with van der Waals surface area (Å²) in [5.74, 6) is 1.67. The normalized spacial score (nSPS) is 20.2. The summed E-state index contributed by atoms with van der Waals surface area (Å²) in [5, 5.41) is 13.0. The van der Waals surface area contributed by atoms with E-state index in [1.807, 2.05) is 16.7 Å². The predicted molar refractivity (Wildman–Crippen MR) is 119 cm³/mol. The number of unbranched alkanes of at least 4 members (excludes halogenated alkanes) is 2. The Balaban J connectivity index is 1.60. The number of amides is 2. The van der Waals surface area contributed by atoms with Crippen LogP contribution in [-0.4, -0.2) is 96.0 Å². The quantitative estimate of drug-likeness (QED) is 0.332. The van der Waals surface area contributed by atoms with Crippen LogP contribution in [0.5, 0.6) is 0 Å². The lowest BCUT2D eigenvalue weighted by atomic mass is 10.1. The molecule has 0 aromatic carbocycles. The zero-order chi connectivity index (χ0) is 21.9. The number of aliphatic imine (C=N–C) groups is 1. The van der Waals surface area contributed by atoms with Gasteiger partial charge in [0.05, 0.1) is 6.10 Å². The van der Waals surface area contributed by atoms with E-state index in [1.54, 1.807) is 0 Å². The molecule has 0 bridgehead atoms. The van der Waals surface area contributed by atoms with Crippen molar-refractivity contribution in [2.45, 2.75) is 65.4 Å². The molecule has 2 fully saturated rings. The standard InChI is InChI=1S/C22H41N5O3/c1-4-23-22(27-11-9-19(28)17-27)24-10-7-5-6-8-20(29)25-12-14-26(15-13-25)21(30)16-18(2)3/h18-19,28H,4-17H2,1-3H3,(H,23,24)/t19-/m1/s1. The molecule has 2 rings (SSSR count). The van der Waals surface area contributed by atoms with Gasteiger partial charge in [-0.3, -0.25) is 14.6 Å². The number of carbonyl (C=O) groups excluding carboxylic acids is 2. The van der Waals surface area contributed by atoms with Crippen molar-refractivity contribution in [3.63, 3.8) is 0 Å². The van der Waals surface area contributed by atoms with Crippen molar-refractivity contribution < 1.29 is 14.7 Å². The van der Waals surface area contributed by atoms with Gasteiger partial charge in [0.1, 0.15) is 0 Å². The molecule has 0 aliphatic carbocycles. The van der Waals surface area contributed by atoms with E-state index in [0.29, 0.717) is 51.5 Å². The van der Waals surface area contributed by atoms with Crippen LogP contribution in [0.25, 0.3) is 0 Å². The van der Waals surface area contributed by atoms with Crippen LogP contribution in [0.1, 0.15) is 59.3 Å². The third-order valence-corrected chi connectivity index (χ3v) is 5.68. The van der Waals surface area contributed by atoms with Crippen molar-refractivity contribution in [2.75, 3.05) is 52.4 Å². The highest BCUT2D eigenvalue weighted by Crippen LogP contribution is 2.12. The number of guanidine groups is 1. The first-order chi connectivity index (χ1) is 14.4. The highest BCUT2D eigenvalue weighted by molar-refractivity contribution is 5.80. The van der Waals surface area contributed by atoms with Gasteiger partial charge in [-0.15, -0.1) is 0 Å². The molecule has 8 nitrogen and oxygen atoms in total. The fraction of sp³-hybridized carbons (Fsp3) is 0.864. The summed E-state index contributed by atoms with van der Waals surface area (Å²) < 4.78 is 0. The Labute approximate surface area is 181 Å². The van der Waals surface area contributed by atoms with Crippen molar-refractivity contribution in [2.24, 2.45) is 10.9 Å². The maximum Gasteiger partial charge on any atom is 0.222 e. The minimum atomic E-state index is -0.255. The van der Waals surface area contributed by atoms with Gasteiger partial charge in [-0.05, 0) is 32.1 Å². The number of aliphatic hydroxyl groups is 1. The Morgan fingerprint density at radius 3 is 2.23 bits per heavy atom. The van der Waals surface area contributed by atoms with Crippen molar-refractivity contribution in [1.29, 1.82) is 0 Å². The average molecular weight is 424 g/mol. The first-order valence-electron chi connectivity index (χ1n) is 11.7. The lowest BCUT2D eigenvalue weighted by Crippen LogP contribution is -2.50. The lowest BCUT2D eigenvalue weighted by molar-refractivity contribution is -0.140. The first-order valence-corrected chi connectivity index (χ1v) is 11.7. The van der Waals surface area contributed by atoms with E-state index in [2.05, 4.69) is 29.1 Å². The number of likely N-dealkylation sites (tertiary alicyclic amines) is 1. The van der Waals surface area contributed by atoms with Gasteiger partial charge in [-0.2, -0.15) is 0 Å². The number of aliphatic hydroxyl groups excluding tert-OH is 1. The molecule has 0 aromatic rings. The molecule has 1 atom stereocenters. The van der Waals surface area contributed by atoms with Crippen molar-refractivity contribution in [3.8, 4) is 0 Å². The van der Waals surface area contributed by atoms with E-state index in [4.69, 9.17) is 0 Å². The van der Waals surface area contributed by atoms with E-state index >= 15 is 0 Å². The number of carbonyl (C=O) groups is 2. The summed E-state index contributed by atoms with van der Waals surface area (Å²) in [5.41, 5.74) is 0. The molecule has 2 amide bonds. The van der Waals surface area contributed by atoms with Crippen LogP contribution in [0.4, 0.5) is 0 Å². The monoisotopic (exact) mass is 423 g/mol. The summed E-state index contributed by atoms with van der Waals surface area (Å²) in [6.07, 6.45) is 4.51. The third kappa shape index (κ3) is 8.13. The van der Waals surface area contributed by atoms with E-state index in [9.17, 15) is 14.7 Å². The van der Waals surface area contributed by atoms with Gasteiger partial charge in [0.2, 0.25) is 11.8 Å². The van der Waals surface area contributed by atoms with Gasteiger partial charge >= 0.3 is 0 Å². The van der Waals surface area contributed by atoms with Crippen molar-refractivity contribution in [1.82, 2.24) is 20.0 Å². The van der Waals surface area contributed by atoms with Crippen LogP contribution < -0.4 is 5.32 Å². The average Bonchev–Trinajstić information content (AvgIpc) is 3.15. The molecule has 2 saturated heterocycles. The first kappa shape index (κ1) is 24.4. The van der Waals surface area contributed by atoms with Gasteiger partial charge in [-0.1, -0.05) is 20.3 Å². The molecule has 2 heterocycles. The van der Waals surface area contributed by atoms with E-state index in [-0.39, 0.29) is 17.9 Å². The molecule has 0 unspecified atom stereocenters. The van der Waals surface area contributed by atoms with E-state index in [0.717, 1.165) is 51.3 Å². The zero-order valence-electron chi connectivity index (χ0n) is 19.1. The SMILES string of the molecule is CCNC(=NCCCCCC(=O)N1CCN(C(=O)CC(C)C)CC1)N1CC[C@@H](O)C1. The zero-order valence-corrected chi connectivity index (χ0v) is 19.1. The van der Waals surface area contributed by atoms with E-state index < -0.39 is 0 Å². The Kier molecular flexibility index (Phi) is 10.4. The summed E-state index contributed by atoms with van der Waals surface area (Å²) in [4.78, 5) is 35.2. The molecule has 2 aliphatic heterocycles. The molecule has 0 radical (unpaired) electrons. The molecular formula is C22H41N5O3. The second-order valence-corrected chi connectivity index (χ2v) is 8.79. The maximum absolute atomic E-state index is 12.4. The summed E-state index contributed by atoms with van der Waals surface area (Å²) in [6.45, 7) is 11.8. The van der Waals surface area contributed by atoms with Crippen LogP contribution in [0, 0.1) is 5.92 Å². The van der Waals surface area contributed by atoms with Crippen LogP contribution in [-0.2, 0) is 9.59 Å². The predicted octanol–water partition coefficient (Wildman–Crippen LogP) is 1.30. The number of rotatable bonds is 9. The Morgan fingerprint density at radius 2 is 1.67 bits per heavy atom. The largest absolute Gasteiger partial charge is 0.391 e. The number of hydrogen-bond donors (Lipinski definition) is 2. The molecule has 0 spiro atoms. The van der Waals surface area contributed by atoms with Gasteiger partial charge in [0.15, 0.2) is 5.96 Å². The molecular weight excluding hydrogens is 382 g/mol. The Bertz CT molecular complexity index is 573. The minimum absolute atomic E-state index is 0.203. The minimum Gasteiger partial charge on any atom is -0.391 e. The maximum atomic E-state index is 12.4. The topological polar surface area (TPSA) is 88.5 Å². The second-order valence-electron chi connectivity index (χ2n) is 8.79. The molecule has 0 saturated carbocycles. The summed E-state index contributed by atoms with van der Waals surface area (Å²) in [7, 11) is 0. The van der Waals surface area contributed by atoms with Crippen molar-refractivity contribution in [3.05, 3.63) is 0 Å². The van der Waals surface area contributed by atoms with Gasteiger partial charge in [0, 0.05) is 65.2 Å². The van der Waals surface area contributed by atoms with Gasteiger partial charge < -0.3 is 25.1 Å². The van der Waals surface area contributed by atoms with Crippen LogP contribution >= 0.6 is 0 Å². The highest BCUT2D eigenvalue weighted by atomic mass is 16.3. The highest BCUT2D eigenvalue weighted by Gasteiger charge is 2.24. The van der Waals surface area contributed by atoms with Gasteiger partial charge in [-0.25, -0.2) is 0 Å². The fourth-order valence-electron chi connectivity index (χ4n) is 3.95. The molecule has 172 valence electrons. The van der Waals surface area contributed by atoms with Crippen LogP contribution in [0.2, 0.25) is 0 Å². The number of nitrogens with zero attached hydrogens (tertiary/aromatic N) is 4. The summed E-state index contributed by atoms with van der Waals surface area (Å²) in [6, 6.07) is 0. The number of hydrogen-bond acceptors (Lipinski definition) is 4. The van der Waals surface area contributed by atoms with Crippen molar-refractivity contribution >= 4 is 17.8 Å². The van der Waals surface area contributed by atoms with Gasteiger partial charge in [0.25, 0.3) is 0 Å². The van der Waals surface area contributed by atoms with Crippen LogP contribution in [0.15, 0.2) is 4.99 Å². The lowest BCUT2D eigenvalue weighted by Gasteiger charge is -2.35. The number of β-amino-alcohol motifs (C(OH)–C–C–N with tert-alkyl or cyclic N) is 1. The molecule has 0 aromatic heterocycles.